The lowest BCUT2D eigenvalue weighted by Gasteiger charge is -2.17. The molecular weight excluding hydrogens is 216 g/mol. The Balaban J connectivity index is 2.15. The normalized spacial score (nSPS) is 10.9. The zero-order valence-corrected chi connectivity index (χ0v) is 11.1. The lowest BCUT2D eigenvalue weighted by molar-refractivity contribution is 0.365. The van der Waals surface area contributed by atoms with Gasteiger partial charge in [0.25, 0.3) is 0 Å². The third-order valence-corrected chi connectivity index (χ3v) is 3.37. The summed E-state index contributed by atoms with van der Waals surface area (Å²) < 4.78 is 0. The van der Waals surface area contributed by atoms with Crippen molar-refractivity contribution in [3.05, 3.63) is 34.5 Å². The fourth-order valence-corrected chi connectivity index (χ4v) is 2.27. The van der Waals surface area contributed by atoms with Crippen LogP contribution in [0.2, 0.25) is 0 Å². The molecule has 0 aliphatic rings. The largest absolute Gasteiger partial charge is 0.313 e. The molecule has 0 saturated heterocycles. The predicted molar refractivity (Wildman–Crippen MR) is 73.2 cm³/mol. The zero-order chi connectivity index (χ0) is 11.8. The van der Waals surface area contributed by atoms with Gasteiger partial charge in [0.2, 0.25) is 0 Å². The minimum atomic E-state index is 0.930. The molecule has 16 heavy (non-hydrogen) atoms. The topological polar surface area (TPSA) is 15.3 Å². The molecule has 1 aromatic rings. The Morgan fingerprint density at radius 3 is 3.00 bits per heavy atom. The van der Waals surface area contributed by atoms with Crippen molar-refractivity contribution < 1.29 is 0 Å². The highest BCUT2D eigenvalue weighted by Gasteiger charge is 2.02. The van der Waals surface area contributed by atoms with E-state index in [1.165, 1.54) is 10.5 Å². The number of nitrogens with zero attached hydrogens (tertiary/aromatic N) is 1. The first kappa shape index (κ1) is 13.4. The molecule has 0 fully saturated rings. The van der Waals surface area contributed by atoms with Crippen LogP contribution >= 0.6 is 11.3 Å². The van der Waals surface area contributed by atoms with Gasteiger partial charge in [-0.05, 0) is 37.0 Å². The first-order chi connectivity index (χ1) is 7.72. The van der Waals surface area contributed by atoms with Crippen LogP contribution in [0.1, 0.15) is 11.8 Å². The van der Waals surface area contributed by atoms with Crippen LogP contribution in [0.3, 0.4) is 0 Å². The monoisotopic (exact) mass is 238 g/mol. The molecule has 0 spiro atoms. The van der Waals surface area contributed by atoms with Crippen molar-refractivity contribution in [3.63, 3.8) is 0 Å². The van der Waals surface area contributed by atoms with Gasteiger partial charge in [-0.15, -0.1) is 11.3 Å². The lowest BCUT2D eigenvalue weighted by Crippen LogP contribution is -2.27. The van der Waals surface area contributed by atoms with Crippen molar-refractivity contribution in [2.24, 2.45) is 0 Å². The Morgan fingerprint density at radius 2 is 2.38 bits per heavy atom. The van der Waals surface area contributed by atoms with E-state index in [2.05, 4.69) is 48.3 Å². The second kappa shape index (κ2) is 7.60. The fourth-order valence-electron chi connectivity index (χ4n) is 1.57. The molecule has 1 aromatic heterocycles. The van der Waals surface area contributed by atoms with E-state index in [9.17, 15) is 0 Å². The van der Waals surface area contributed by atoms with Gasteiger partial charge in [-0.25, -0.2) is 0 Å². The van der Waals surface area contributed by atoms with Crippen molar-refractivity contribution in [3.8, 4) is 0 Å². The highest BCUT2D eigenvalue weighted by atomic mass is 32.1. The molecule has 0 aromatic carbocycles. The van der Waals surface area contributed by atoms with Gasteiger partial charge in [0, 0.05) is 24.5 Å². The third-order valence-electron chi connectivity index (χ3n) is 2.44. The summed E-state index contributed by atoms with van der Waals surface area (Å²) in [5.74, 6) is 0. The SMILES string of the molecule is C=C(CNCC)CN(C)CCc1cccs1. The molecule has 0 unspecified atom stereocenters. The number of thiophene rings is 1. The third kappa shape index (κ3) is 5.45. The number of hydrogen-bond acceptors (Lipinski definition) is 3. The van der Waals surface area contributed by atoms with Crippen molar-refractivity contribution in [1.82, 2.24) is 10.2 Å². The van der Waals surface area contributed by atoms with E-state index in [0.717, 1.165) is 32.6 Å². The molecule has 1 heterocycles. The van der Waals surface area contributed by atoms with Gasteiger partial charge in [-0.3, -0.25) is 0 Å². The summed E-state index contributed by atoms with van der Waals surface area (Å²) in [6.45, 7) is 10.2. The summed E-state index contributed by atoms with van der Waals surface area (Å²) >= 11 is 1.84. The molecule has 0 atom stereocenters. The Labute approximate surface area is 103 Å². The maximum Gasteiger partial charge on any atom is 0.0199 e. The first-order valence-electron chi connectivity index (χ1n) is 5.80. The van der Waals surface area contributed by atoms with Gasteiger partial charge in [0.05, 0.1) is 0 Å². The van der Waals surface area contributed by atoms with E-state index < -0.39 is 0 Å². The maximum atomic E-state index is 4.08. The average molecular weight is 238 g/mol. The van der Waals surface area contributed by atoms with Crippen LogP contribution in [0.4, 0.5) is 0 Å². The first-order valence-corrected chi connectivity index (χ1v) is 6.68. The van der Waals surface area contributed by atoms with Crippen LogP contribution in [-0.4, -0.2) is 38.1 Å². The highest BCUT2D eigenvalue weighted by Crippen LogP contribution is 2.09. The van der Waals surface area contributed by atoms with E-state index in [1.54, 1.807) is 0 Å². The number of rotatable bonds is 8. The van der Waals surface area contributed by atoms with Crippen molar-refractivity contribution >= 4 is 11.3 Å². The van der Waals surface area contributed by atoms with E-state index in [1.807, 2.05) is 11.3 Å². The summed E-state index contributed by atoms with van der Waals surface area (Å²) in [6.07, 6.45) is 1.14. The second-order valence-electron chi connectivity index (χ2n) is 4.10. The number of likely N-dealkylation sites (N-methyl/N-ethyl adjacent to an activating group) is 2. The van der Waals surface area contributed by atoms with E-state index in [-0.39, 0.29) is 0 Å². The van der Waals surface area contributed by atoms with Crippen LogP contribution in [0.5, 0.6) is 0 Å². The van der Waals surface area contributed by atoms with E-state index >= 15 is 0 Å². The Bertz CT molecular complexity index is 293. The molecule has 0 aliphatic carbocycles. The van der Waals surface area contributed by atoms with Gasteiger partial charge in [0.1, 0.15) is 0 Å². The van der Waals surface area contributed by atoms with Gasteiger partial charge >= 0.3 is 0 Å². The molecule has 2 nitrogen and oxygen atoms in total. The molecule has 0 amide bonds. The van der Waals surface area contributed by atoms with Gasteiger partial charge < -0.3 is 10.2 Å². The van der Waals surface area contributed by atoms with Gasteiger partial charge in [-0.2, -0.15) is 0 Å². The highest BCUT2D eigenvalue weighted by molar-refractivity contribution is 7.09. The summed E-state index contributed by atoms with van der Waals surface area (Å²) in [7, 11) is 2.16. The Kier molecular flexibility index (Phi) is 6.38. The summed E-state index contributed by atoms with van der Waals surface area (Å²) in [5, 5.41) is 5.44. The second-order valence-corrected chi connectivity index (χ2v) is 5.13. The average Bonchev–Trinajstić information content (AvgIpc) is 2.76. The fraction of sp³-hybridized carbons (Fsp3) is 0.538. The van der Waals surface area contributed by atoms with Crippen LogP contribution < -0.4 is 5.32 Å². The lowest BCUT2D eigenvalue weighted by atomic mass is 10.2. The van der Waals surface area contributed by atoms with Crippen molar-refractivity contribution in [2.45, 2.75) is 13.3 Å². The van der Waals surface area contributed by atoms with Crippen LogP contribution in [0.25, 0.3) is 0 Å². The molecule has 1 N–H and O–H groups in total. The van der Waals surface area contributed by atoms with Crippen LogP contribution in [-0.2, 0) is 6.42 Å². The summed E-state index contributed by atoms with van der Waals surface area (Å²) in [5.41, 5.74) is 1.26. The van der Waals surface area contributed by atoms with E-state index in [0.29, 0.717) is 0 Å². The Morgan fingerprint density at radius 1 is 1.56 bits per heavy atom. The quantitative estimate of drug-likeness (QED) is 0.700. The molecule has 0 saturated carbocycles. The van der Waals surface area contributed by atoms with Crippen LogP contribution in [0.15, 0.2) is 29.7 Å². The van der Waals surface area contributed by atoms with Gasteiger partial charge in [-0.1, -0.05) is 19.6 Å². The summed E-state index contributed by atoms with van der Waals surface area (Å²) in [4.78, 5) is 3.79. The van der Waals surface area contributed by atoms with Crippen LogP contribution in [0, 0.1) is 0 Å². The molecular formula is C13H22N2S. The Hall–Kier alpha value is -0.640. The minimum absolute atomic E-state index is 0.930. The smallest absolute Gasteiger partial charge is 0.0199 e. The molecule has 0 bridgehead atoms. The molecule has 90 valence electrons. The molecule has 0 aliphatic heterocycles. The standard InChI is InChI=1S/C13H22N2S/c1-4-14-10-12(2)11-15(3)8-7-13-6-5-9-16-13/h5-6,9,14H,2,4,7-8,10-11H2,1,3H3. The molecule has 0 radical (unpaired) electrons. The van der Waals surface area contributed by atoms with Gasteiger partial charge in [0.15, 0.2) is 0 Å². The number of hydrogen-bond donors (Lipinski definition) is 1. The zero-order valence-electron chi connectivity index (χ0n) is 10.3. The number of nitrogens with one attached hydrogen (secondary N) is 1. The summed E-state index contributed by atoms with van der Waals surface area (Å²) in [6, 6.07) is 4.32. The van der Waals surface area contributed by atoms with Crippen molar-refractivity contribution in [1.29, 1.82) is 0 Å². The maximum absolute atomic E-state index is 4.08. The molecule has 3 heteroatoms. The van der Waals surface area contributed by atoms with Crippen molar-refractivity contribution in [2.75, 3.05) is 33.2 Å². The molecule has 1 rings (SSSR count). The predicted octanol–water partition coefficient (Wildman–Crippen LogP) is 2.39. The minimum Gasteiger partial charge on any atom is -0.313 e. The van der Waals surface area contributed by atoms with E-state index in [4.69, 9.17) is 0 Å².